The van der Waals surface area contributed by atoms with E-state index in [-0.39, 0.29) is 0 Å². The van der Waals surface area contributed by atoms with Gasteiger partial charge in [-0.15, -0.1) is 0 Å². The van der Waals surface area contributed by atoms with Crippen LogP contribution in [0.3, 0.4) is 0 Å². The molecule has 0 saturated carbocycles. The van der Waals surface area contributed by atoms with Gasteiger partial charge in [0.1, 0.15) is 0 Å². The first kappa shape index (κ1) is 29.2. The Morgan fingerprint density at radius 3 is 1.72 bits per heavy atom. The Morgan fingerprint density at radius 1 is 0.844 bits per heavy atom. The van der Waals surface area contributed by atoms with Crippen LogP contribution in [0.15, 0.2) is 48.5 Å². The minimum atomic E-state index is -6.87. The highest BCUT2D eigenvalue weighted by molar-refractivity contribution is 14.1. The standard InChI is InChI=1S/C13H11I.C4HF8IO4S/c1-10-6-8-11(9-7-10)12-4-2-3-5-13(12)14;5-1(6,13)2(7,8)17-3(9,10)4(11,12)18(14,15)16/h2-9H,1H3;(H,14,15,16). The molecule has 2 rings (SSSR count). The van der Waals surface area contributed by atoms with Crippen LogP contribution < -0.4 is 0 Å². The lowest BCUT2D eigenvalue weighted by molar-refractivity contribution is -0.438. The number of rotatable bonds is 6. The molecule has 2 aromatic rings. The van der Waals surface area contributed by atoms with Crippen molar-refractivity contribution in [2.24, 2.45) is 0 Å². The Hall–Kier alpha value is -0.790. The van der Waals surface area contributed by atoms with Crippen LogP contribution in [0.1, 0.15) is 5.56 Å². The second-order valence-electron chi connectivity index (χ2n) is 5.97. The fraction of sp³-hybridized carbons (Fsp3) is 0.294. The van der Waals surface area contributed by atoms with Crippen molar-refractivity contribution in [2.75, 3.05) is 0 Å². The van der Waals surface area contributed by atoms with Crippen molar-refractivity contribution >= 4 is 55.3 Å². The molecule has 0 heterocycles. The lowest BCUT2D eigenvalue weighted by atomic mass is 10.0. The number of halogens is 10. The van der Waals surface area contributed by atoms with E-state index in [0.717, 1.165) is 0 Å². The van der Waals surface area contributed by atoms with Crippen molar-refractivity contribution in [3.8, 4) is 11.1 Å². The highest BCUT2D eigenvalue weighted by Crippen LogP contribution is 2.48. The molecule has 1 N–H and O–H groups in total. The Labute approximate surface area is 204 Å². The number of ether oxygens (including phenoxy) is 1. The Morgan fingerprint density at radius 2 is 1.31 bits per heavy atom. The molecule has 0 unspecified atom stereocenters. The second-order valence-corrected chi connectivity index (χ2v) is 9.95. The summed E-state index contributed by atoms with van der Waals surface area (Å²) < 4.78 is 123. The first-order chi connectivity index (χ1) is 14.2. The average molecular weight is 718 g/mol. The molecule has 0 saturated heterocycles. The lowest BCUT2D eigenvalue weighted by Crippen LogP contribution is -2.54. The summed E-state index contributed by atoms with van der Waals surface area (Å²) in [5, 5.41) is -6.54. The van der Waals surface area contributed by atoms with Crippen LogP contribution in [0.4, 0.5) is 35.1 Å². The molecule has 15 heteroatoms. The van der Waals surface area contributed by atoms with Crippen molar-refractivity contribution in [1.29, 1.82) is 0 Å². The zero-order chi connectivity index (χ0) is 25.2. The number of hydrogen-bond acceptors (Lipinski definition) is 3. The van der Waals surface area contributed by atoms with Crippen LogP contribution in [-0.4, -0.2) is 34.4 Å². The fourth-order valence-electron chi connectivity index (χ4n) is 1.86. The topological polar surface area (TPSA) is 63.6 Å². The summed E-state index contributed by atoms with van der Waals surface area (Å²) in [4.78, 5) is 0. The third kappa shape index (κ3) is 7.10. The number of alkyl halides is 9. The van der Waals surface area contributed by atoms with Crippen LogP contribution in [-0.2, 0) is 14.9 Å². The molecular formula is C17H12F8I2O4S. The van der Waals surface area contributed by atoms with Gasteiger partial charge in [-0.25, -0.2) is 4.74 Å². The molecule has 0 radical (unpaired) electrons. The molecule has 32 heavy (non-hydrogen) atoms. The predicted molar refractivity (Wildman–Crippen MR) is 116 cm³/mol. The Kier molecular flexibility index (Phi) is 9.34. The van der Waals surface area contributed by atoms with Gasteiger partial charge in [0.15, 0.2) is 0 Å². The zero-order valence-electron chi connectivity index (χ0n) is 15.5. The summed E-state index contributed by atoms with van der Waals surface area (Å²) in [6.07, 6.45) is -12.7. The highest BCUT2D eigenvalue weighted by atomic mass is 127. The summed E-state index contributed by atoms with van der Waals surface area (Å²) in [6.45, 7) is 2.11. The molecule has 0 aromatic heterocycles. The summed E-state index contributed by atoms with van der Waals surface area (Å²) in [7, 11) is -6.87. The molecule has 0 atom stereocenters. The van der Waals surface area contributed by atoms with E-state index in [2.05, 4.69) is 78.0 Å². The van der Waals surface area contributed by atoms with Crippen LogP contribution >= 0.6 is 45.2 Å². The molecular weight excluding hydrogens is 706 g/mol. The van der Waals surface area contributed by atoms with Gasteiger partial charge in [0.05, 0.1) is 0 Å². The maximum Gasteiger partial charge on any atom is 0.460 e. The molecule has 0 aliphatic carbocycles. The van der Waals surface area contributed by atoms with Crippen molar-refractivity contribution < 1.29 is 52.8 Å². The van der Waals surface area contributed by atoms with Gasteiger partial charge >= 0.3 is 31.5 Å². The van der Waals surface area contributed by atoms with E-state index in [0.29, 0.717) is 0 Å². The molecule has 0 amide bonds. The van der Waals surface area contributed by atoms with E-state index in [1.165, 1.54) is 20.3 Å². The predicted octanol–water partition coefficient (Wildman–Crippen LogP) is 6.96. The smallest absolute Gasteiger partial charge is 0.281 e. The number of benzene rings is 2. The molecule has 180 valence electrons. The van der Waals surface area contributed by atoms with Gasteiger partial charge in [-0.2, -0.15) is 43.5 Å². The van der Waals surface area contributed by atoms with E-state index >= 15 is 0 Å². The van der Waals surface area contributed by atoms with E-state index in [1.807, 2.05) is 4.74 Å². The summed E-state index contributed by atoms with van der Waals surface area (Å²) in [5.41, 5.74) is 3.91. The van der Waals surface area contributed by atoms with Crippen molar-refractivity contribution in [2.45, 2.75) is 28.3 Å². The third-order valence-corrected chi connectivity index (χ3v) is 5.94. The first-order valence-electron chi connectivity index (χ1n) is 7.92. The highest BCUT2D eigenvalue weighted by Gasteiger charge is 2.73. The van der Waals surface area contributed by atoms with Crippen LogP contribution in [0.25, 0.3) is 11.1 Å². The van der Waals surface area contributed by atoms with E-state index in [1.54, 1.807) is 0 Å². The van der Waals surface area contributed by atoms with Crippen LogP contribution in [0, 0.1) is 10.5 Å². The minimum Gasteiger partial charge on any atom is -0.281 e. The Balaban J connectivity index is 0.000000328. The first-order valence-corrected chi connectivity index (χ1v) is 11.5. The molecule has 0 aliphatic heterocycles. The van der Waals surface area contributed by atoms with Gasteiger partial charge in [0, 0.05) is 26.2 Å². The molecule has 4 nitrogen and oxygen atoms in total. The van der Waals surface area contributed by atoms with Crippen molar-refractivity contribution in [3.63, 3.8) is 0 Å². The molecule has 0 bridgehead atoms. The van der Waals surface area contributed by atoms with Gasteiger partial charge in [0.2, 0.25) is 0 Å². The quantitative estimate of drug-likeness (QED) is 0.152. The monoisotopic (exact) mass is 718 g/mol. The van der Waals surface area contributed by atoms with Gasteiger partial charge in [-0.05, 0) is 46.7 Å². The van der Waals surface area contributed by atoms with E-state index in [4.69, 9.17) is 4.55 Å². The minimum absolute atomic E-state index is 0.390. The summed E-state index contributed by atoms with van der Waals surface area (Å²) in [6, 6.07) is 17.1. The van der Waals surface area contributed by atoms with Crippen LogP contribution in [0.2, 0.25) is 0 Å². The average Bonchev–Trinajstić information content (AvgIpc) is 2.61. The van der Waals surface area contributed by atoms with Crippen molar-refractivity contribution in [1.82, 2.24) is 0 Å². The third-order valence-electron chi connectivity index (χ3n) is 3.49. The van der Waals surface area contributed by atoms with Gasteiger partial charge < -0.3 is 0 Å². The van der Waals surface area contributed by atoms with E-state index < -0.39 is 54.1 Å². The lowest BCUT2D eigenvalue weighted by Gasteiger charge is -2.29. The normalized spacial score (nSPS) is 13.4. The van der Waals surface area contributed by atoms with E-state index in [9.17, 15) is 43.5 Å². The van der Waals surface area contributed by atoms with Gasteiger partial charge in [-0.1, -0.05) is 48.0 Å². The maximum absolute atomic E-state index is 12.4. The van der Waals surface area contributed by atoms with Gasteiger partial charge in [0.25, 0.3) is 0 Å². The Bertz CT molecular complexity index is 1030. The molecule has 2 aromatic carbocycles. The largest absolute Gasteiger partial charge is 0.460 e. The summed E-state index contributed by atoms with van der Waals surface area (Å²) >= 11 is 1.98. The number of hydrogen-bond donors (Lipinski definition) is 1. The molecule has 0 fully saturated rings. The summed E-state index contributed by atoms with van der Waals surface area (Å²) in [5.74, 6) is 0. The maximum atomic E-state index is 12.4. The molecule has 0 spiro atoms. The fourth-order valence-corrected chi connectivity index (χ4v) is 3.01. The van der Waals surface area contributed by atoms with Crippen LogP contribution in [0.5, 0.6) is 0 Å². The van der Waals surface area contributed by atoms with Gasteiger partial charge in [-0.3, -0.25) is 4.55 Å². The van der Waals surface area contributed by atoms with Crippen molar-refractivity contribution in [3.05, 3.63) is 57.7 Å². The molecule has 0 aliphatic rings. The number of aryl methyl sites for hydroxylation is 1. The SMILES string of the molecule is Cc1ccc(-c2ccccc2I)cc1.O=S(=O)(O)C(F)(F)C(F)(F)OC(F)(F)C(F)(F)I. The zero-order valence-corrected chi connectivity index (χ0v) is 20.6. The second kappa shape index (κ2) is 10.2.